The first-order valence-electron chi connectivity index (χ1n) is 14.1. The zero-order valence-electron chi connectivity index (χ0n) is 24.6. The number of phenols is 4. The van der Waals surface area contributed by atoms with Crippen molar-refractivity contribution in [3.05, 3.63) is 47.5 Å². The Morgan fingerprint density at radius 3 is 2.31 bits per heavy atom. The van der Waals surface area contributed by atoms with Crippen molar-refractivity contribution in [1.29, 1.82) is 0 Å². The molecular weight excluding hydrogens is 625 g/mol. The number of aromatic hydroxyl groups is 4. The molecule has 0 aromatic heterocycles. The third kappa shape index (κ3) is 7.71. The first kappa shape index (κ1) is 33.7. The molecule has 0 spiro atoms. The van der Waals surface area contributed by atoms with E-state index >= 15 is 0 Å². The second-order valence-corrected chi connectivity index (χ2v) is 13.8. The van der Waals surface area contributed by atoms with Gasteiger partial charge in [-0.1, -0.05) is 12.1 Å². The average Bonchev–Trinajstić information content (AvgIpc) is 3.28. The van der Waals surface area contributed by atoms with Crippen LogP contribution in [0.1, 0.15) is 47.4 Å². The number of carbonyl (C=O) groups excluding carboxylic acids is 5. The van der Waals surface area contributed by atoms with Gasteiger partial charge >= 0.3 is 0 Å². The van der Waals surface area contributed by atoms with Gasteiger partial charge in [-0.05, 0) is 51.0 Å². The van der Waals surface area contributed by atoms with Crippen LogP contribution in [0.3, 0.4) is 0 Å². The lowest BCUT2D eigenvalue weighted by molar-refractivity contribution is -0.147. The van der Waals surface area contributed by atoms with Crippen LogP contribution in [0.25, 0.3) is 0 Å². The Kier molecular flexibility index (Phi) is 10.3. The number of thioether (sulfide) groups is 1. The summed E-state index contributed by atoms with van der Waals surface area (Å²) >= 11 is 1.59. The summed E-state index contributed by atoms with van der Waals surface area (Å²) in [6, 6.07) is 7.14. The van der Waals surface area contributed by atoms with Crippen LogP contribution >= 0.6 is 21.0 Å². The van der Waals surface area contributed by atoms with Gasteiger partial charge < -0.3 is 46.2 Å². The van der Waals surface area contributed by atoms with Crippen molar-refractivity contribution in [2.24, 2.45) is 0 Å². The number of unbranched alkanes of at least 4 members (excludes halogenated alkanes) is 1. The molecule has 2 aliphatic heterocycles. The van der Waals surface area contributed by atoms with Crippen molar-refractivity contribution in [2.75, 3.05) is 26.2 Å². The van der Waals surface area contributed by atoms with Crippen LogP contribution in [0.15, 0.2) is 36.4 Å². The molecule has 2 saturated heterocycles. The Morgan fingerprint density at radius 1 is 1.02 bits per heavy atom. The van der Waals surface area contributed by atoms with Crippen LogP contribution in [0.4, 0.5) is 0 Å². The van der Waals surface area contributed by atoms with Crippen LogP contribution in [0, 0.1) is 0 Å². The lowest BCUT2D eigenvalue weighted by atomic mass is 10.1. The number of para-hydroxylation sites is 2. The van der Waals surface area contributed by atoms with E-state index in [4.69, 9.17) is 0 Å². The summed E-state index contributed by atoms with van der Waals surface area (Å²) in [5, 5.41) is 47.2. The van der Waals surface area contributed by atoms with Crippen molar-refractivity contribution in [3.63, 3.8) is 0 Å². The minimum absolute atomic E-state index is 0.00339. The van der Waals surface area contributed by atoms with Crippen molar-refractivity contribution in [1.82, 2.24) is 25.8 Å². The normalized spacial score (nSPS) is 18.7. The Labute approximate surface area is 265 Å². The molecule has 2 aromatic carbocycles. The van der Waals surface area contributed by atoms with Gasteiger partial charge in [-0.3, -0.25) is 24.0 Å². The van der Waals surface area contributed by atoms with Crippen molar-refractivity contribution in [3.8, 4) is 23.0 Å². The summed E-state index contributed by atoms with van der Waals surface area (Å²) in [5.41, 5.74) is -0.343. The lowest BCUT2D eigenvalue weighted by Crippen LogP contribution is -2.68. The molecule has 2 aliphatic rings. The molecular formula is C29H36N5O9PS. The molecule has 0 saturated carbocycles. The fourth-order valence-corrected chi connectivity index (χ4v) is 6.77. The van der Waals surface area contributed by atoms with Crippen LogP contribution in [0.2, 0.25) is 0 Å². The van der Waals surface area contributed by atoms with Crippen molar-refractivity contribution in [2.45, 2.75) is 48.6 Å². The highest BCUT2D eigenvalue weighted by molar-refractivity contribution is 8.01. The topological polar surface area (TPSA) is 209 Å². The molecule has 4 atom stereocenters. The first-order valence-corrected chi connectivity index (χ1v) is 15.7. The molecule has 7 N–H and O–H groups in total. The number of fused-ring (bicyclic) bond motifs is 1. The second-order valence-electron chi connectivity index (χ2n) is 11.3. The molecule has 14 nitrogen and oxygen atoms in total. The van der Waals surface area contributed by atoms with Crippen LogP contribution < -0.4 is 16.0 Å². The number of amides is 5. The summed E-state index contributed by atoms with van der Waals surface area (Å²) in [5.74, 6) is -6.09. The highest BCUT2D eigenvalue weighted by atomic mass is 32.2. The number of hydrogen-bond donors (Lipinski definition) is 7. The van der Waals surface area contributed by atoms with Crippen LogP contribution in [-0.2, 0) is 14.4 Å². The van der Waals surface area contributed by atoms with E-state index in [1.54, 1.807) is 16.7 Å². The maximum Gasteiger partial charge on any atom is 0.258 e. The zero-order valence-corrected chi connectivity index (χ0v) is 26.6. The summed E-state index contributed by atoms with van der Waals surface area (Å²) < 4.78 is -0.130. The first-order chi connectivity index (χ1) is 21.2. The van der Waals surface area contributed by atoms with Gasteiger partial charge in [0.05, 0.1) is 17.7 Å². The molecule has 45 heavy (non-hydrogen) atoms. The molecule has 2 aromatic rings. The minimum Gasteiger partial charge on any atom is -0.504 e. The standard InChI is InChI=1S/C29H36N5O9PS/c1-29(2)14-34-27(43)20(28(34)45-29)32-24(41)25(44)31-19(37)13-33(26(42)16-8-6-10-18(36)22(16)39)12-4-3-11-30-23(40)15-7-5-9-17(35)21(15)38/h5-10,20,25,28,35-36,38-39H,3-4,11-14,44H2,1-2H3,(H,30,40)(H,31,37)(H,32,41)/t20-,25-,28?/m1/s1. The number of phenolic OH excluding ortho intramolecular Hbond substituents is 4. The van der Waals surface area contributed by atoms with Gasteiger partial charge in [0.15, 0.2) is 23.0 Å². The SMILES string of the molecule is CC1(C)CN2C(=O)[C@@H](NC(=O)[C@@H](P)NC(=O)CN(CCCCNC(=O)c3cccc(O)c3O)C(=O)c3cccc(O)c3O)C2S1. The maximum absolute atomic E-state index is 13.3. The molecule has 5 amide bonds. The molecule has 2 unspecified atom stereocenters. The second kappa shape index (κ2) is 13.8. The van der Waals surface area contributed by atoms with Gasteiger partial charge in [0.2, 0.25) is 17.7 Å². The lowest BCUT2D eigenvalue weighted by Gasteiger charge is -2.42. The van der Waals surface area contributed by atoms with Gasteiger partial charge in [-0.2, -0.15) is 0 Å². The van der Waals surface area contributed by atoms with Crippen molar-refractivity contribution >= 4 is 50.5 Å². The average molecular weight is 662 g/mol. The van der Waals surface area contributed by atoms with E-state index in [-0.39, 0.29) is 40.2 Å². The van der Waals surface area contributed by atoms with Gasteiger partial charge in [0.1, 0.15) is 17.2 Å². The number of rotatable bonds is 12. The molecule has 2 heterocycles. The van der Waals surface area contributed by atoms with Crippen LogP contribution in [0.5, 0.6) is 23.0 Å². The van der Waals surface area contributed by atoms with E-state index in [1.165, 1.54) is 36.4 Å². The number of carbonyl (C=O) groups is 5. The van der Waals surface area contributed by atoms with Crippen molar-refractivity contribution < 1.29 is 44.4 Å². The smallest absolute Gasteiger partial charge is 0.258 e. The highest BCUT2D eigenvalue weighted by Crippen LogP contribution is 2.46. The summed E-state index contributed by atoms with van der Waals surface area (Å²) in [4.78, 5) is 66.8. The number of hydrogen-bond acceptors (Lipinski definition) is 10. The van der Waals surface area contributed by atoms with E-state index in [0.717, 1.165) is 4.90 Å². The van der Waals surface area contributed by atoms with Gasteiger partial charge in [-0.15, -0.1) is 21.0 Å². The van der Waals surface area contributed by atoms with Gasteiger partial charge in [0, 0.05) is 24.4 Å². The van der Waals surface area contributed by atoms with E-state index in [2.05, 4.69) is 25.2 Å². The van der Waals surface area contributed by atoms with Gasteiger partial charge in [-0.25, -0.2) is 0 Å². The minimum atomic E-state index is -1.10. The molecule has 0 radical (unpaired) electrons. The highest BCUT2D eigenvalue weighted by Gasteiger charge is 2.56. The predicted molar refractivity (Wildman–Crippen MR) is 168 cm³/mol. The molecule has 4 rings (SSSR count). The molecule has 0 aliphatic carbocycles. The Hall–Kier alpha value is -4.23. The summed E-state index contributed by atoms with van der Waals surface area (Å²) in [6.07, 6.45) is 0.644. The predicted octanol–water partition coefficient (Wildman–Crippen LogP) is 0.657. The number of nitrogens with one attached hydrogen (secondary N) is 3. The Bertz CT molecular complexity index is 1510. The summed E-state index contributed by atoms with van der Waals surface area (Å²) in [7, 11) is 2.20. The third-order valence-electron chi connectivity index (χ3n) is 7.30. The Balaban J connectivity index is 1.33. The molecule has 242 valence electrons. The quantitative estimate of drug-likeness (QED) is 0.0732. The fourth-order valence-electron chi connectivity index (χ4n) is 5.00. The third-order valence-corrected chi connectivity index (χ3v) is 9.30. The van der Waals surface area contributed by atoms with Gasteiger partial charge in [0.25, 0.3) is 11.8 Å². The number of β-lactam (4-membered cyclic amide) rings is 1. The number of benzene rings is 2. The molecule has 16 heteroatoms. The summed E-state index contributed by atoms with van der Waals surface area (Å²) in [6.45, 7) is 4.26. The van der Waals surface area contributed by atoms with E-state index < -0.39 is 65.0 Å². The van der Waals surface area contributed by atoms with E-state index in [9.17, 15) is 44.4 Å². The Morgan fingerprint density at radius 2 is 1.64 bits per heavy atom. The molecule has 2 fully saturated rings. The molecule has 0 bridgehead atoms. The largest absolute Gasteiger partial charge is 0.504 e. The van der Waals surface area contributed by atoms with E-state index in [1.807, 2.05) is 13.8 Å². The maximum atomic E-state index is 13.3. The van der Waals surface area contributed by atoms with E-state index in [0.29, 0.717) is 19.4 Å². The van der Waals surface area contributed by atoms with Crippen LogP contribution in [-0.4, -0.2) is 108 Å². The fraction of sp³-hybridized carbons (Fsp3) is 0.414. The monoisotopic (exact) mass is 661 g/mol. The number of nitrogens with zero attached hydrogens (tertiary/aromatic N) is 2. The zero-order chi connectivity index (χ0) is 33.1.